The number of hydrogen-bond donors (Lipinski definition) is 1. The molecule has 1 nitrogen and oxygen atoms in total. The number of aliphatic hydroxyl groups is 1. The molecule has 9 heavy (non-hydrogen) atoms. The molecule has 0 unspecified atom stereocenters. The minimum atomic E-state index is -0.641. The number of rotatable bonds is 1. The van der Waals surface area contributed by atoms with Gasteiger partial charge < -0.3 is 5.11 Å². The molecule has 0 aromatic carbocycles. The molecule has 0 aromatic heterocycles. The van der Waals surface area contributed by atoms with Crippen LogP contribution >= 0.6 is 0 Å². The van der Waals surface area contributed by atoms with Crippen molar-refractivity contribution in [2.75, 3.05) is 0 Å². The van der Waals surface area contributed by atoms with Gasteiger partial charge in [-0.2, -0.15) is 0 Å². The Balaban J connectivity index is 2.46. The lowest BCUT2D eigenvalue weighted by atomic mass is 9.85. The van der Waals surface area contributed by atoms with Crippen molar-refractivity contribution < 1.29 is 5.11 Å². The molecule has 0 spiro atoms. The molecule has 1 aliphatic carbocycles. The molecule has 0 aliphatic heterocycles. The van der Waals surface area contributed by atoms with E-state index < -0.39 is 5.60 Å². The van der Waals surface area contributed by atoms with Crippen LogP contribution in [0.15, 0.2) is 6.58 Å². The van der Waals surface area contributed by atoms with Crippen LogP contribution in [-0.4, -0.2) is 10.7 Å². The predicted octanol–water partition coefficient (Wildman–Crippen LogP) is 1.67. The first-order chi connectivity index (χ1) is 4.27. The van der Waals surface area contributed by atoms with Crippen LogP contribution in [0.2, 0.25) is 0 Å². The van der Waals surface area contributed by atoms with Gasteiger partial charge in [-0.3, -0.25) is 0 Å². The quantitative estimate of drug-likeness (QED) is 0.565. The van der Waals surface area contributed by atoms with E-state index in [9.17, 15) is 5.11 Å². The topological polar surface area (TPSA) is 20.2 Å². The highest BCUT2D eigenvalue weighted by molar-refractivity contribution is 4.90. The van der Waals surface area contributed by atoms with Gasteiger partial charge >= 0.3 is 0 Å². The maximum absolute atomic E-state index is 9.51. The fourth-order valence-corrected chi connectivity index (χ4v) is 1.31. The first-order valence-corrected chi connectivity index (χ1v) is 3.53. The summed E-state index contributed by atoms with van der Waals surface area (Å²) in [5, 5.41) is 9.51. The van der Waals surface area contributed by atoms with Gasteiger partial charge in [0.15, 0.2) is 0 Å². The largest absolute Gasteiger partial charge is 0.385 e. The van der Waals surface area contributed by atoms with E-state index in [1.54, 1.807) is 0 Å². The molecule has 0 heterocycles. The van der Waals surface area contributed by atoms with Crippen LogP contribution in [0.1, 0.15) is 32.1 Å². The second-order valence-corrected chi connectivity index (χ2v) is 2.77. The molecule has 0 bridgehead atoms. The van der Waals surface area contributed by atoms with Crippen molar-refractivity contribution in [3.63, 3.8) is 0 Å². The molecule has 0 amide bonds. The van der Waals surface area contributed by atoms with Gasteiger partial charge in [-0.1, -0.05) is 25.8 Å². The van der Waals surface area contributed by atoms with Crippen LogP contribution in [0.25, 0.3) is 0 Å². The first kappa shape index (κ1) is 6.81. The molecule has 1 aliphatic rings. The van der Waals surface area contributed by atoms with E-state index in [0.29, 0.717) is 0 Å². The molecule has 0 atom stereocenters. The summed E-state index contributed by atoms with van der Waals surface area (Å²) in [7, 11) is 0. The Hall–Kier alpha value is -0.300. The molecule has 1 heteroatoms. The van der Waals surface area contributed by atoms with E-state index in [1.165, 1.54) is 6.42 Å². The second-order valence-electron chi connectivity index (χ2n) is 2.77. The maximum atomic E-state index is 9.51. The van der Waals surface area contributed by atoms with E-state index in [0.717, 1.165) is 25.7 Å². The lowest BCUT2D eigenvalue weighted by Crippen LogP contribution is -2.28. The van der Waals surface area contributed by atoms with E-state index in [4.69, 9.17) is 0 Å². The first-order valence-electron chi connectivity index (χ1n) is 3.53. The van der Waals surface area contributed by atoms with Gasteiger partial charge in [0.2, 0.25) is 0 Å². The summed E-state index contributed by atoms with van der Waals surface area (Å²) in [5.74, 6) is 0. The number of hydrogen-bond acceptors (Lipinski definition) is 1. The third-order valence-electron chi connectivity index (χ3n) is 2.01. The highest BCUT2D eigenvalue weighted by atomic mass is 16.3. The van der Waals surface area contributed by atoms with Crippen molar-refractivity contribution in [3.05, 3.63) is 12.7 Å². The molecule has 0 saturated heterocycles. The van der Waals surface area contributed by atoms with Crippen LogP contribution in [0, 0.1) is 6.08 Å². The van der Waals surface area contributed by atoms with Crippen molar-refractivity contribution in [2.24, 2.45) is 0 Å². The third-order valence-corrected chi connectivity index (χ3v) is 2.01. The van der Waals surface area contributed by atoms with Gasteiger partial charge in [0.25, 0.3) is 0 Å². The van der Waals surface area contributed by atoms with Gasteiger partial charge in [0, 0.05) is 0 Å². The Kier molecular flexibility index (Phi) is 1.91. The summed E-state index contributed by atoms with van der Waals surface area (Å²) < 4.78 is 0. The Labute approximate surface area is 56.4 Å². The van der Waals surface area contributed by atoms with Crippen molar-refractivity contribution in [2.45, 2.75) is 37.7 Å². The zero-order valence-corrected chi connectivity index (χ0v) is 5.69. The zero-order valence-electron chi connectivity index (χ0n) is 5.69. The lowest BCUT2D eigenvalue weighted by molar-refractivity contribution is 0.0444. The minimum absolute atomic E-state index is 0.641. The van der Waals surface area contributed by atoms with Crippen LogP contribution in [0.3, 0.4) is 0 Å². The molecule has 1 rings (SSSR count). The van der Waals surface area contributed by atoms with Crippen LogP contribution in [-0.2, 0) is 0 Å². The Morgan fingerprint density at radius 3 is 2.11 bits per heavy atom. The summed E-state index contributed by atoms with van der Waals surface area (Å²) in [6.45, 7) is 3.48. The van der Waals surface area contributed by atoms with E-state index in [1.807, 2.05) is 0 Å². The lowest BCUT2D eigenvalue weighted by Gasteiger charge is -2.27. The Morgan fingerprint density at radius 1 is 1.22 bits per heavy atom. The fourth-order valence-electron chi connectivity index (χ4n) is 1.31. The highest BCUT2D eigenvalue weighted by Gasteiger charge is 2.25. The molecule has 1 fully saturated rings. The SMILES string of the molecule is C=[C]C1(O)CCCCC1. The van der Waals surface area contributed by atoms with Crippen LogP contribution < -0.4 is 0 Å². The molecule has 1 radical (unpaired) electrons. The van der Waals surface area contributed by atoms with Gasteiger partial charge in [0.1, 0.15) is 0 Å². The summed E-state index contributed by atoms with van der Waals surface area (Å²) in [6.07, 6.45) is 7.90. The van der Waals surface area contributed by atoms with Gasteiger partial charge in [-0.05, 0) is 18.9 Å². The van der Waals surface area contributed by atoms with E-state index >= 15 is 0 Å². The standard InChI is InChI=1S/C8H13O/c1-2-8(9)6-4-3-5-7-8/h9H,1,3-7H2. The Morgan fingerprint density at radius 2 is 1.78 bits per heavy atom. The fraction of sp³-hybridized carbons (Fsp3) is 0.750. The molecular formula is C8H13O. The summed E-state index contributed by atoms with van der Waals surface area (Å²) in [6, 6.07) is 0. The van der Waals surface area contributed by atoms with Gasteiger partial charge in [-0.15, -0.1) is 0 Å². The molecule has 51 valence electrons. The molecule has 1 N–H and O–H groups in total. The normalized spacial score (nSPS) is 25.4. The average Bonchev–Trinajstić information content (AvgIpc) is 1.90. The highest BCUT2D eigenvalue weighted by Crippen LogP contribution is 2.27. The maximum Gasteiger partial charge on any atom is 0.0894 e. The Bertz CT molecular complexity index is 101. The summed E-state index contributed by atoms with van der Waals surface area (Å²) in [5.41, 5.74) is -0.641. The summed E-state index contributed by atoms with van der Waals surface area (Å²) >= 11 is 0. The molecule has 1 saturated carbocycles. The van der Waals surface area contributed by atoms with Gasteiger partial charge in [-0.25, -0.2) is 0 Å². The molecular weight excluding hydrogens is 112 g/mol. The van der Waals surface area contributed by atoms with Crippen molar-refractivity contribution in [1.29, 1.82) is 0 Å². The summed E-state index contributed by atoms with van der Waals surface area (Å²) in [4.78, 5) is 0. The van der Waals surface area contributed by atoms with Crippen molar-refractivity contribution in [3.8, 4) is 0 Å². The van der Waals surface area contributed by atoms with Crippen molar-refractivity contribution in [1.82, 2.24) is 0 Å². The average molecular weight is 125 g/mol. The second kappa shape index (κ2) is 2.53. The molecule has 0 aromatic rings. The van der Waals surface area contributed by atoms with Crippen molar-refractivity contribution >= 4 is 0 Å². The predicted molar refractivity (Wildman–Crippen MR) is 36.9 cm³/mol. The smallest absolute Gasteiger partial charge is 0.0894 e. The van der Waals surface area contributed by atoms with E-state index in [-0.39, 0.29) is 0 Å². The van der Waals surface area contributed by atoms with E-state index in [2.05, 4.69) is 12.7 Å². The monoisotopic (exact) mass is 125 g/mol. The van der Waals surface area contributed by atoms with Crippen LogP contribution in [0.4, 0.5) is 0 Å². The minimum Gasteiger partial charge on any atom is -0.385 e. The van der Waals surface area contributed by atoms with Crippen LogP contribution in [0.5, 0.6) is 0 Å². The third kappa shape index (κ3) is 1.55. The zero-order chi connectivity index (χ0) is 6.74. The van der Waals surface area contributed by atoms with Gasteiger partial charge in [0.05, 0.1) is 5.60 Å².